The highest BCUT2D eigenvalue weighted by atomic mass is 32.2. The number of hydrogen-bond donors (Lipinski definition) is 4. The molecule has 1 aromatic carbocycles. The van der Waals surface area contributed by atoms with Gasteiger partial charge in [0, 0.05) is 12.6 Å². The maximum Gasteiger partial charge on any atom is 0.490 e. The third-order valence-electron chi connectivity index (χ3n) is 6.79. The molecule has 48 heavy (non-hydrogen) atoms. The summed E-state index contributed by atoms with van der Waals surface area (Å²) in [7, 11) is -22.0. The molecule has 270 valence electrons. The van der Waals surface area contributed by atoms with E-state index in [0.717, 1.165) is 17.7 Å². The van der Waals surface area contributed by atoms with Gasteiger partial charge in [-0.25, -0.2) is 22.8 Å². The van der Waals surface area contributed by atoms with Crippen LogP contribution in [0.1, 0.15) is 51.3 Å². The number of aryl methyl sites for hydroxylation is 1. The van der Waals surface area contributed by atoms with Crippen molar-refractivity contribution in [1.29, 1.82) is 0 Å². The second kappa shape index (κ2) is 17.0. The van der Waals surface area contributed by atoms with E-state index in [0.29, 0.717) is 24.3 Å². The van der Waals surface area contributed by atoms with Gasteiger partial charge in [0.1, 0.15) is 23.3 Å². The molecule has 3 heterocycles. The Hall–Kier alpha value is -1.07. The van der Waals surface area contributed by atoms with E-state index in [-0.39, 0.29) is 6.42 Å². The third kappa shape index (κ3) is 11.7. The predicted molar refractivity (Wildman–Crippen MR) is 170 cm³/mol. The van der Waals surface area contributed by atoms with Crippen LogP contribution in [0.5, 0.6) is 0 Å². The number of phosphoric ester groups is 1. The van der Waals surface area contributed by atoms with Crippen LogP contribution in [-0.2, 0) is 56.3 Å². The number of phosphoric acid groups is 3. The number of thioether (sulfide) groups is 1. The van der Waals surface area contributed by atoms with Crippen molar-refractivity contribution in [3.05, 3.63) is 58.6 Å². The molecule has 0 saturated carbocycles. The molecular formula is C25H38N2O16P4S. The van der Waals surface area contributed by atoms with Crippen LogP contribution in [-0.4, -0.2) is 72.2 Å². The second-order valence-corrected chi connectivity index (χ2v) is 18.6. The van der Waals surface area contributed by atoms with Crippen LogP contribution < -0.4 is 5.69 Å². The van der Waals surface area contributed by atoms with Crippen molar-refractivity contribution < 1.29 is 69.5 Å². The predicted octanol–water partition coefficient (Wildman–Crippen LogP) is 4.74. The zero-order chi connectivity index (χ0) is 35.2. The van der Waals surface area contributed by atoms with Crippen molar-refractivity contribution in [2.75, 3.05) is 18.5 Å². The molecule has 2 fully saturated rings. The Bertz CT molecular complexity index is 1630. The molecule has 0 radical (unpaired) electrons. The van der Waals surface area contributed by atoms with Crippen LogP contribution in [0.2, 0.25) is 0 Å². The van der Waals surface area contributed by atoms with E-state index in [9.17, 15) is 42.6 Å². The lowest BCUT2D eigenvalue weighted by Gasteiger charge is -2.23. The van der Waals surface area contributed by atoms with Crippen molar-refractivity contribution in [3.8, 4) is 0 Å². The Morgan fingerprint density at radius 3 is 2.21 bits per heavy atom. The van der Waals surface area contributed by atoms with Crippen LogP contribution in [0.3, 0.4) is 0 Å². The monoisotopic (exact) mass is 778 g/mol. The Morgan fingerprint density at radius 1 is 0.875 bits per heavy atom. The summed E-state index contributed by atoms with van der Waals surface area (Å²) in [6.07, 6.45) is -1.63. The number of hydrogen-bond acceptors (Lipinski definition) is 14. The maximum absolute atomic E-state index is 13.0. The van der Waals surface area contributed by atoms with Gasteiger partial charge in [0.2, 0.25) is 0 Å². The van der Waals surface area contributed by atoms with E-state index in [2.05, 4.69) is 17.9 Å². The van der Waals surface area contributed by atoms with E-state index in [1.54, 1.807) is 13.0 Å². The van der Waals surface area contributed by atoms with Crippen molar-refractivity contribution in [2.45, 2.75) is 81.8 Å². The third-order valence-corrected chi connectivity index (χ3v) is 14.4. The van der Waals surface area contributed by atoms with E-state index >= 15 is 0 Å². The number of unbranched alkanes of at least 4 members (excludes halogenated alkanes) is 1. The van der Waals surface area contributed by atoms with Crippen LogP contribution in [0.15, 0.2) is 52.4 Å². The van der Waals surface area contributed by atoms with E-state index in [1.165, 1.54) is 22.5 Å². The number of ether oxygens (including phenoxy) is 3. The molecule has 1 aromatic heterocycles. The highest BCUT2D eigenvalue weighted by Crippen LogP contribution is 2.71. The molecule has 0 amide bonds. The minimum absolute atomic E-state index is 0.115. The molecule has 18 nitrogen and oxygen atoms in total. The summed E-state index contributed by atoms with van der Waals surface area (Å²) >= 11 is 1.40. The summed E-state index contributed by atoms with van der Waals surface area (Å²) < 4.78 is 85.3. The van der Waals surface area contributed by atoms with Gasteiger partial charge in [-0.05, 0) is 36.6 Å². The zero-order valence-electron chi connectivity index (χ0n) is 25.9. The number of nitrogens with zero attached hydrogens (tertiary/aromatic N) is 2. The van der Waals surface area contributed by atoms with Gasteiger partial charge in [-0.1, -0.05) is 50.6 Å². The van der Waals surface area contributed by atoms with E-state index in [4.69, 9.17) is 18.7 Å². The van der Waals surface area contributed by atoms with Crippen LogP contribution in [0.4, 0.5) is 0 Å². The van der Waals surface area contributed by atoms with Gasteiger partial charge in [0.25, 0.3) is 0 Å². The summed E-state index contributed by atoms with van der Waals surface area (Å²) in [6, 6.07) is 11.1. The van der Waals surface area contributed by atoms with Gasteiger partial charge in [-0.3, -0.25) is 13.7 Å². The van der Waals surface area contributed by atoms with E-state index in [1.807, 2.05) is 37.3 Å². The molecule has 0 bridgehead atoms. The Labute approximate surface area is 280 Å². The molecular weight excluding hydrogens is 740 g/mol. The normalized spacial score (nSPS) is 27.4. The largest absolute Gasteiger partial charge is 0.490 e. The van der Waals surface area contributed by atoms with Gasteiger partial charge in [0.15, 0.2) is 12.5 Å². The Balaban J connectivity index is 1.44. The average Bonchev–Trinajstić information content (AvgIpc) is 3.55. The Morgan fingerprint density at radius 2 is 1.54 bits per heavy atom. The summed E-state index contributed by atoms with van der Waals surface area (Å²) in [4.78, 5) is 56.5. The van der Waals surface area contributed by atoms with E-state index < -0.39 is 80.4 Å². The molecule has 0 aliphatic carbocycles. The van der Waals surface area contributed by atoms with Crippen molar-refractivity contribution >= 4 is 42.8 Å². The fourth-order valence-electron chi connectivity index (χ4n) is 4.74. The van der Waals surface area contributed by atoms with Gasteiger partial charge >= 0.3 is 36.8 Å². The average molecular weight is 779 g/mol. The number of fused-ring (bicyclic) bond motifs is 1. The summed E-state index contributed by atoms with van der Waals surface area (Å²) in [5, 5.41) is 0.506. The molecule has 0 spiro atoms. The highest BCUT2D eigenvalue weighted by Gasteiger charge is 2.54. The topological polar surface area (TPSA) is 249 Å². The summed E-state index contributed by atoms with van der Waals surface area (Å²) in [6.45, 7) is 2.84. The van der Waals surface area contributed by atoms with Crippen molar-refractivity contribution in [1.82, 2.24) is 9.55 Å². The zero-order valence-corrected chi connectivity index (χ0v) is 30.3. The smallest absolute Gasteiger partial charge is 0.346 e. The molecule has 23 heteroatoms. The summed E-state index contributed by atoms with van der Waals surface area (Å²) in [5.41, 5.74) is 0.370. The molecule has 2 saturated heterocycles. The molecule has 2 aromatic rings. The first-order chi connectivity index (χ1) is 22.5. The Kier molecular flexibility index (Phi) is 14.0. The van der Waals surface area contributed by atoms with Crippen LogP contribution >= 0.6 is 42.8 Å². The first-order valence-electron chi connectivity index (χ1n) is 14.8. The standard InChI is InChI=1S/C25H38N2O16P4S/c1-3-5-15-44(29,30)41-46(33,34)43-47(35,36)42-45(31,32)37-17-19-22-23(40-21(39-22)12-11-18-9-7-6-8-10-18)24(38-19)27-14-13-20(26-25(27)28)48-16-4-2/h6-10,13-14,19,21-24H,3-5,11-12,15-17H2,1-2H3,(H,29,30)(H,31,32)(H,33,34)(H,35,36)/t19-,21?,22+,23?,24-/m1/s1. The van der Waals surface area contributed by atoms with Gasteiger partial charge in [0.05, 0.1) is 12.8 Å². The minimum atomic E-state index is -5.92. The number of rotatable bonds is 19. The fraction of sp³-hybridized carbons (Fsp3) is 0.600. The van der Waals surface area contributed by atoms with Gasteiger partial charge in [-0.15, -0.1) is 11.8 Å². The fourth-order valence-corrected chi connectivity index (χ4v) is 11.2. The SMILES string of the molecule is CCCCP(=O)(O)OP(=O)(O)OP(=O)(O)OP(=O)(O)OC[C@H]1O[C@@H](n2ccc(SCCC)nc2=O)C2OC(CCc3ccccc3)O[C@H]21. The molecule has 4 rings (SSSR count). The first kappa shape index (κ1) is 39.7. The van der Waals surface area contributed by atoms with Crippen molar-refractivity contribution in [2.24, 2.45) is 0 Å². The lowest BCUT2D eigenvalue weighted by molar-refractivity contribution is -0.153. The van der Waals surface area contributed by atoms with Crippen molar-refractivity contribution in [3.63, 3.8) is 0 Å². The molecule has 9 atom stereocenters. The molecule has 2 aliphatic heterocycles. The lowest BCUT2D eigenvalue weighted by Crippen LogP contribution is -2.34. The molecule has 2 aliphatic rings. The minimum Gasteiger partial charge on any atom is -0.346 e. The van der Waals surface area contributed by atoms with Gasteiger partial charge in [-0.2, -0.15) is 13.6 Å². The quantitative estimate of drug-likeness (QED) is 0.0854. The highest BCUT2D eigenvalue weighted by molar-refractivity contribution is 7.99. The molecule has 4 N–H and O–H groups in total. The van der Waals surface area contributed by atoms with Crippen LogP contribution in [0.25, 0.3) is 0 Å². The lowest BCUT2D eigenvalue weighted by atomic mass is 10.1. The summed E-state index contributed by atoms with van der Waals surface area (Å²) in [5.74, 6) is 0.750. The molecule has 6 unspecified atom stereocenters. The first-order valence-corrected chi connectivity index (χ1v) is 22.1. The second-order valence-electron chi connectivity index (χ2n) is 10.7. The van der Waals surface area contributed by atoms with Crippen LogP contribution in [0, 0.1) is 0 Å². The number of benzene rings is 1. The number of aromatic nitrogens is 2. The maximum atomic E-state index is 13.0. The van der Waals surface area contributed by atoms with Gasteiger partial charge < -0.3 is 33.8 Å².